The van der Waals surface area contributed by atoms with Crippen LogP contribution in [0, 0.1) is 0 Å². The number of hydrogen-bond acceptors (Lipinski definition) is 4. The Balaban J connectivity index is 2.35. The second-order valence-corrected chi connectivity index (χ2v) is 5.75. The van der Waals surface area contributed by atoms with E-state index in [9.17, 15) is 4.79 Å². The molecule has 1 saturated heterocycles. The molecule has 6 heteroatoms. The zero-order valence-corrected chi connectivity index (χ0v) is 13.4. The normalized spacial score (nSPS) is 18.2. The van der Waals surface area contributed by atoms with Gasteiger partial charge in [0.1, 0.15) is 4.47 Å². The molecule has 5 nitrogen and oxygen atoms in total. The largest absolute Gasteiger partial charge is 0.365 e. The molecule has 1 N–H and O–H groups in total. The molecule has 1 aromatic rings. The highest BCUT2D eigenvalue weighted by Gasteiger charge is 2.25. The molecule has 1 aliphatic heterocycles. The van der Waals surface area contributed by atoms with Crippen LogP contribution in [0.4, 0.5) is 5.69 Å². The van der Waals surface area contributed by atoms with E-state index in [0.29, 0.717) is 17.1 Å². The molecule has 0 saturated carbocycles. The van der Waals surface area contributed by atoms with Crippen LogP contribution < -0.4 is 15.8 Å². The topological polar surface area (TPSA) is 50.2 Å². The third kappa shape index (κ3) is 3.12. The van der Waals surface area contributed by atoms with Crippen molar-refractivity contribution in [1.82, 2.24) is 15.1 Å². The van der Waals surface area contributed by atoms with Gasteiger partial charge < -0.3 is 10.2 Å². The number of rotatable bonds is 6. The third-order valence-electron chi connectivity index (χ3n) is 3.52. The van der Waals surface area contributed by atoms with Crippen molar-refractivity contribution < 1.29 is 0 Å². The van der Waals surface area contributed by atoms with Gasteiger partial charge in [0.25, 0.3) is 5.56 Å². The Labute approximate surface area is 127 Å². The summed E-state index contributed by atoms with van der Waals surface area (Å²) in [7, 11) is 0. The number of anilines is 1. The monoisotopic (exact) mass is 340 g/mol. The maximum Gasteiger partial charge on any atom is 0.283 e. The molecule has 20 heavy (non-hydrogen) atoms. The van der Waals surface area contributed by atoms with E-state index in [1.165, 1.54) is 4.68 Å². The van der Waals surface area contributed by atoms with Crippen LogP contribution in [0.15, 0.2) is 28.1 Å². The molecule has 1 unspecified atom stereocenters. The first-order valence-electron chi connectivity index (χ1n) is 7.03. The van der Waals surface area contributed by atoms with Gasteiger partial charge in [0.05, 0.1) is 18.4 Å². The summed E-state index contributed by atoms with van der Waals surface area (Å²) in [6.45, 7) is 9.14. The van der Waals surface area contributed by atoms with Crippen LogP contribution in [0.5, 0.6) is 0 Å². The SMILES string of the molecule is C=CCn1ncc(N(CCC)C2CCNC2)c(Br)c1=O. The number of hydrogen-bond donors (Lipinski definition) is 1. The summed E-state index contributed by atoms with van der Waals surface area (Å²) in [6, 6.07) is 0.433. The van der Waals surface area contributed by atoms with Gasteiger partial charge in [0, 0.05) is 19.1 Å². The molecule has 1 aromatic heterocycles. The van der Waals surface area contributed by atoms with E-state index >= 15 is 0 Å². The Bertz CT molecular complexity index is 522. The minimum absolute atomic E-state index is 0.102. The van der Waals surface area contributed by atoms with Crippen LogP contribution in [0.1, 0.15) is 19.8 Å². The molecule has 0 amide bonds. The van der Waals surface area contributed by atoms with E-state index in [-0.39, 0.29) is 5.56 Å². The minimum atomic E-state index is -0.102. The summed E-state index contributed by atoms with van der Waals surface area (Å²) in [5.41, 5.74) is 0.792. The number of allylic oxidation sites excluding steroid dienone is 1. The molecule has 0 radical (unpaired) electrons. The van der Waals surface area contributed by atoms with E-state index in [0.717, 1.165) is 38.2 Å². The van der Waals surface area contributed by atoms with Crippen LogP contribution in [0.25, 0.3) is 0 Å². The van der Waals surface area contributed by atoms with Crippen LogP contribution in [0.3, 0.4) is 0 Å². The summed E-state index contributed by atoms with van der Waals surface area (Å²) in [5, 5.41) is 7.62. The lowest BCUT2D eigenvalue weighted by molar-refractivity contribution is 0.606. The van der Waals surface area contributed by atoms with Crippen molar-refractivity contribution in [3.8, 4) is 0 Å². The first-order chi connectivity index (χ1) is 9.69. The molecule has 1 fully saturated rings. The average molecular weight is 341 g/mol. The summed E-state index contributed by atoms with van der Waals surface area (Å²) in [6.07, 6.45) is 5.59. The number of nitrogens with one attached hydrogen (secondary N) is 1. The van der Waals surface area contributed by atoms with Gasteiger partial charge in [-0.3, -0.25) is 4.79 Å². The predicted molar refractivity (Wildman–Crippen MR) is 85.3 cm³/mol. The summed E-state index contributed by atoms with van der Waals surface area (Å²) in [5.74, 6) is 0. The van der Waals surface area contributed by atoms with Crippen molar-refractivity contribution in [3.05, 3.63) is 33.7 Å². The molecular formula is C14H21BrN4O. The number of aromatic nitrogens is 2. The summed E-state index contributed by atoms with van der Waals surface area (Å²) >= 11 is 3.45. The fourth-order valence-electron chi connectivity index (χ4n) is 2.55. The Kier molecular flexibility index (Phi) is 5.37. The van der Waals surface area contributed by atoms with Crippen molar-refractivity contribution in [1.29, 1.82) is 0 Å². The predicted octanol–water partition coefficient (Wildman–Crippen LogP) is 1.77. The third-order valence-corrected chi connectivity index (χ3v) is 4.26. The highest BCUT2D eigenvalue weighted by Crippen LogP contribution is 2.25. The number of nitrogens with zero attached hydrogens (tertiary/aromatic N) is 3. The van der Waals surface area contributed by atoms with E-state index in [4.69, 9.17) is 0 Å². The van der Waals surface area contributed by atoms with Crippen LogP contribution >= 0.6 is 15.9 Å². The van der Waals surface area contributed by atoms with E-state index < -0.39 is 0 Å². The van der Waals surface area contributed by atoms with E-state index in [1.54, 1.807) is 12.3 Å². The first kappa shape index (κ1) is 15.3. The van der Waals surface area contributed by atoms with Crippen LogP contribution in [-0.2, 0) is 6.54 Å². The second-order valence-electron chi connectivity index (χ2n) is 4.96. The lowest BCUT2D eigenvalue weighted by Crippen LogP contribution is -2.39. The highest BCUT2D eigenvalue weighted by atomic mass is 79.9. The van der Waals surface area contributed by atoms with Gasteiger partial charge in [0.2, 0.25) is 0 Å². The Morgan fingerprint density at radius 3 is 3.10 bits per heavy atom. The molecule has 0 spiro atoms. The molecule has 0 bridgehead atoms. The molecular weight excluding hydrogens is 320 g/mol. The molecule has 1 atom stereocenters. The lowest BCUT2D eigenvalue weighted by atomic mass is 10.2. The lowest BCUT2D eigenvalue weighted by Gasteiger charge is -2.30. The second kappa shape index (κ2) is 7.04. The van der Waals surface area contributed by atoms with E-state index in [2.05, 4.69) is 44.7 Å². The maximum atomic E-state index is 12.3. The van der Waals surface area contributed by atoms with Crippen LogP contribution in [-0.4, -0.2) is 35.5 Å². The standard InChI is InChI=1S/C14H21BrN4O/c1-3-7-18(11-5-6-16-9-11)12-10-17-19(8-4-2)14(20)13(12)15/h4,10-11,16H,2-3,5-9H2,1H3. The van der Waals surface area contributed by atoms with Gasteiger partial charge >= 0.3 is 0 Å². The van der Waals surface area contributed by atoms with Crippen molar-refractivity contribution in [2.45, 2.75) is 32.4 Å². The summed E-state index contributed by atoms with van der Waals surface area (Å²) in [4.78, 5) is 14.6. The average Bonchev–Trinajstić information content (AvgIpc) is 2.96. The van der Waals surface area contributed by atoms with Gasteiger partial charge in [-0.15, -0.1) is 6.58 Å². The van der Waals surface area contributed by atoms with Crippen LogP contribution in [0.2, 0.25) is 0 Å². The van der Waals surface area contributed by atoms with E-state index in [1.807, 2.05) is 0 Å². The quantitative estimate of drug-likeness (QED) is 0.802. The zero-order chi connectivity index (χ0) is 14.5. The van der Waals surface area contributed by atoms with Crippen molar-refractivity contribution in [2.24, 2.45) is 0 Å². The fourth-order valence-corrected chi connectivity index (χ4v) is 3.09. The Morgan fingerprint density at radius 1 is 1.70 bits per heavy atom. The van der Waals surface area contributed by atoms with Gasteiger partial charge in [-0.25, -0.2) is 4.68 Å². The molecule has 2 rings (SSSR count). The van der Waals surface area contributed by atoms with Gasteiger partial charge in [-0.1, -0.05) is 13.0 Å². The van der Waals surface area contributed by atoms with Crippen molar-refractivity contribution in [3.63, 3.8) is 0 Å². The first-order valence-corrected chi connectivity index (χ1v) is 7.82. The van der Waals surface area contributed by atoms with Crippen molar-refractivity contribution >= 4 is 21.6 Å². The molecule has 1 aliphatic rings. The smallest absolute Gasteiger partial charge is 0.283 e. The Hall–Kier alpha value is -1.14. The van der Waals surface area contributed by atoms with Gasteiger partial charge in [-0.05, 0) is 35.3 Å². The molecule has 2 heterocycles. The molecule has 110 valence electrons. The number of halogens is 1. The maximum absolute atomic E-state index is 12.3. The minimum Gasteiger partial charge on any atom is -0.365 e. The van der Waals surface area contributed by atoms with Gasteiger partial charge in [-0.2, -0.15) is 5.10 Å². The Morgan fingerprint density at radius 2 is 2.50 bits per heavy atom. The van der Waals surface area contributed by atoms with Gasteiger partial charge in [0.15, 0.2) is 0 Å². The fraction of sp³-hybridized carbons (Fsp3) is 0.571. The zero-order valence-electron chi connectivity index (χ0n) is 11.8. The highest BCUT2D eigenvalue weighted by molar-refractivity contribution is 9.10. The van der Waals surface area contributed by atoms with Crippen molar-refractivity contribution in [2.75, 3.05) is 24.5 Å². The molecule has 0 aliphatic carbocycles. The molecule has 0 aromatic carbocycles. The summed E-state index contributed by atoms with van der Waals surface area (Å²) < 4.78 is 2.01.